The van der Waals surface area contributed by atoms with Crippen LogP contribution in [0.1, 0.15) is 4.88 Å². The first-order chi connectivity index (χ1) is 11.7. The average molecular weight is 399 g/mol. The molecule has 3 aromatic rings. The quantitative estimate of drug-likeness (QED) is 0.563. The first kappa shape index (κ1) is 15.4. The Bertz CT molecular complexity index is 902. The minimum absolute atomic E-state index is 0.622. The van der Waals surface area contributed by atoms with Crippen LogP contribution in [0, 0.1) is 0 Å². The summed E-state index contributed by atoms with van der Waals surface area (Å²) < 4.78 is 6.44. The monoisotopic (exact) mass is 398 g/mol. The van der Waals surface area contributed by atoms with E-state index in [-0.39, 0.29) is 0 Å². The van der Waals surface area contributed by atoms with E-state index in [2.05, 4.69) is 62.2 Å². The van der Waals surface area contributed by atoms with Crippen molar-refractivity contribution in [2.24, 2.45) is 4.99 Å². The van der Waals surface area contributed by atoms with Crippen LogP contribution in [-0.2, 0) is 0 Å². The van der Waals surface area contributed by atoms with Gasteiger partial charge in [-0.05, 0) is 35.9 Å². The number of rotatable bonds is 3. The Hall–Kier alpha value is -2.11. The van der Waals surface area contributed by atoms with Crippen molar-refractivity contribution in [1.29, 1.82) is 0 Å². The fourth-order valence-corrected chi connectivity index (χ4v) is 4.06. The van der Waals surface area contributed by atoms with Gasteiger partial charge in [0.25, 0.3) is 0 Å². The summed E-state index contributed by atoms with van der Waals surface area (Å²) in [5.41, 5.74) is 3.50. The third-order valence-electron chi connectivity index (χ3n) is 3.96. The molecular formula is C19H15BrN2OS. The Morgan fingerprint density at radius 2 is 1.96 bits per heavy atom. The molecule has 4 rings (SSSR count). The van der Waals surface area contributed by atoms with E-state index < -0.39 is 0 Å². The van der Waals surface area contributed by atoms with Crippen molar-refractivity contribution in [3.63, 3.8) is 0 Å². The Morgan fingerprint density at radius 1 is 1.12 bits per heavy atom. The van der Waals surface area contributed by atoms with Crippen LogP contribution in [0.25, 0.3) is 10.4 Å². The number of methoxy groups -OCH3 is 1. The molecule has 0 radical (unpaired) electrons. The molecule has 0 fully saturated rings. The van der Waals surface area contributed by atoms with Gasteiger partial charge >= 0.3 is 0 Å². The first-order valence-corrected chi connectivity index (χ1v) is 9.17. The van der Waals surface area contributed by atoms with Gasteiger partial charge < -0.3 is 9.64 Å². The first-order valence-electron chi connectivity index (χ1n) is 7.56. The van der Waals surface area contributed by atoms with Gasteiger partial charge in [0.2, 0.25) is 0 Å². The number of nitrogens with zero attached hydrogens (tertiary/aromatic N) is 2. The van der Waals surface area contributed by atoms with Gasteiger partial charge in [-0.25, -0.2) is 0 Å². The maximum Gasteiger partial charge on any atom is 0.120 e. The molecule has 0 unspecified atom stereocenters. The van der Waals surface area contributed by atoms with E-state index in [1.807, 2.05) is 24.4 Å². The van der Waals surface area contributed by atoms with E-state index in [1.165, 1.54) is 21.0 Å². The summed E-state index contributed by atoms with van der Waals surface area (Å²) >= 11 is 5.26. The van der Waals surface area contributed by atoms with Gasteiger partial charge in [-0.2, -0.15) is 0 Å². The topological polar surface area (TPSA) is 24.8 Å². The van der Waals surface area contributed by atoms with Crippen molar-refractivity contribution in [3.8, 4) is 16.2 Å². The fourth-order valence-electron chi connectivity index (χ4n) is 2.74. The van der Waals surface area contributed by atoms with Crippen molar-refractivity contribution in [3.05, 3.63) is 63.9 Å². The van der Waals surface area contributed by atoms with Crippen LogP contribution in [0.5, 0.6) is 5.75 Å². The van der Waals surface area contributed by atoms with E-state index >= 15 is 0 Å². The maximum absolute atomic E-state index is 5.35. The number of thiophene rings is 1. The van der Waals surface area contributed by atoms with Gasteiger partial charge in [-0.15, -0.1) is 11.3 Å². The van der Waals surface area contributed by atoms with Crippen molar-refractivity contribution in [2.75, 3.05) is 18.7 Å². The number of aliphatic imine (C=N–C) groups is 1. The Labute approximate surface area is 153 Å². The summed E-state index contributed by atoms with van der Waals surface area (Å²) in [6.07, 6.45) is 1.97. The van der Waals surface area contributed by atoms with Gasteiger partial charge in [0, 0.05) is 27.3 Å². The summed E-state index contributed by atoms with van der Waals surface area (Å²) in [6, 6.07) is 18.7. The third-order valence-corrected chi connectivity index (χ3v) is 5.59. The second-order valence-corrected chi connectivity index (χ2v) is 7.45. The third kappa shape index (κ3) is 2.85. The molecule has 0 amide bonds. The van der Waals surface area contributed by atoms with Gasteiger partial charge in [0.05, 0.1) is 17.7 Å². The molecule has 24 heavy (non-hydrogen) atoms. The zero-order chi connectivity index (χ0) is 16.5. The lowest BCUT2D eigenvalue weighted by Crippen LogP contribution is -2.20. The highest BCUT2D eigenvalue weighted by molar-refractivity contribution is 9.10. The standard InChI is InChI=1S/C19H15BrN2OS/c1-23-16-4-2-3-15(9-16)22-12-21-11-19-17(22)10-18(24-19)13-5-7-14(20)8-6-13/h2-11H,12H2,1H3. The van der Waals surface area contributed by atoms with Crippen LogP contribution in [0.4, 0.5) is 11.4 Å². The second-order valence-electron chi connectivity index (χ2n) is 5.45. The molecule has 0 bridgehead atoms. The second kappa shape index (κ2) is 6.42. The summed E-state index contributed by atoms with van der Waals surface area (Å²) in [7, 11) is 1.69. The molecule has 1 aromatic heterocycles. The maximum atomic E-state index is 5.35. The minimum Gasteiger partial charge on any atom is -0.497 e. The molecule has 2 aromatic carbocycles. The molecule has 2 heterocycles. The lowest BCUT2D eigenvalue weighted by atomic mass is 10.1. The predicted molar refractivity (Wildman–Crippen MR) is 105 cm³/mol. The minimum atomic E-state index is 0.622. The molecule has 1 aliphatic rings. The Kier molecular flexibility index (Phi) is 4.12. The van der Waals surface area contributed by atoms with Gasteiger partial charge in [0.1, 0.15) is 12.4 Å². The highest BCUT2D eigenvalue weighted by Crippen LogP contribution is 2.41. The van der Waals surface area contributed by atoms with Crippen LogP contribution < -0.4 is 9.64 Å². The van der Waals surface area contributed by atoms with Crippen molar-refractivity contribution >= 4 is 44.9 Å². The SMILES string of the molecule is COc1cccc(N2CN=Cc3sc(-c4ccc(Br)cc4)cc32)c1. The Balaban J connectivity index is 1.75. The zero-order valence-electron chi connectivity index (χ0n) is 13.1. The number of hydrogen-bond acceptors (Lipinski definition) is 4. The van der Waals surface area contributed by atoms with Crippen molar-refractivity contribution in [2.45, 2.75) is 0 Å². The van der Waals surface area contributed by atoms with E-state index in [4.69, 9.17) is 4.74 Å². The van der Waals surface area contributed by atoms with Crippen LogP contribution in [-0.4, -0.2) is 20.0 Å². The molecule has 0 atom stereocenters. The highest BCUT2D eigenvalue weighted by atomic mass is 79.9. The van der Waals surface area contributed by atoms with Crippen LogP contribution in [0.3, 0.4) is 0 Å². The van der Waals surface area contributed by atoms with Crippen molar-refractivity contribution < 1.29 is 4.74 Å². The van der Waals surface area contributed by atoms with Gasteiger partial charge in [0.15, 0.2) is 0 Å². The molecule has 0 spiro atoms. The average Bonchev–Trinajstić information content (AvgIpc) is 3.06. The number of hydrogen-bond donors (Lipinski definition) is 0. The molecule has 5 heteroatoms. The summed E-state index contributed by atoms with van der Waals surface area (Å²) in [4.78, 5) is 9.16. The summed E-state index contributed by atoms with van der Waals surface area (Å²) in [5.74, 6) is 0.854. The van der Waals surface area contributed by atoms with E-state index in [1.54, 1.807) is 18.4 Å². The summed E-state index contributed by atoms with van der Waals surface area (Å²) in [6.45, 7) is 0.622. The lowest BCUT2D eigenvalue weighted by Gasteiger charge is -2.25. The largest absolute Gasteiger partial charge is 0.497 e. The van der Waals surface area contributed by atoms with Crippen LogP contribution >= 0.6 is 27.3 Å². The number of benzene rings is 2. The molecular weight excluding hydrogens is 384 g/mol. The molecule has 1 aliphatic heterocycles. The van der Waals surface area contributed by atoms with Crippen LogP contribution in [0.15, 0.2) is 64.1 Å². The predicted octanol–water partition coefficient (Wildman–Crippen LogP) is 5.71. The number of halogens is 1. The number of anilines is 2. The number of ether oxygens (including phenoxy) is 1. The number of fused-ring (bicyclic) bond motifs is 1. The lowest BCUT2D eigenvalue weighted by molar-refractivity contribution is 0.415. The zero-order valence-corrected chi connectivity index (χ0v) is 15.5. The fraction of sp³-hybridized carbons (Fsp3) is 0.105. The molecule has 120 valence electrons. The molecule has 0 saturated heterocycles. The molecule has 3 nitrogen and oxygen atoms in total. The summed E-state index contributed by atoms with van der Waals surface area (Å²) in [5, 5.41) is 0. The van der Waals surface area contributed by atoms with E-state index in [0.29, 0.717) is 6.67 Å². The van der Waals surface area contributed by atoms with Crippen molar-refractivity contribution in [1.82, 2.24) is 0 Å². The molecule has 0 aliphatic carbocycles. The van der Waals surface area contributed by atoms with Gasteiger partial charge in [-0.3, -0.25) is 4.99 Å². The molecule has 0 N–H and O–H groups in total. The molecule has 0 saturated carbocycles. The van der Waals surface area contributed by atoms with E-state index in [9.17, 15) is 0 Å². The van der Waals surface area contributed by atoms with Gasteiger partial charge in [-0.1, -0.05) is 34.1 Å². The smallest absolute Gasteiger partial charge is 0.120 e. The normalized spacial score (nSPS) is 13.0. The Morgan fingerprint density at radius 3 is 2.75 bits per heavy atom. The van der Waals surface area contributed by atoms with E-state index in [0.717, 1.165) is 15.9 Å². The highest BCUT2D eigenvalue weighted by Gasteiger charge is 2.20. The van der Waals surface area contributed by atoms with Crippen LogP contribution in [0.2, 0.25) is 0 Å².